The molecule has 3 heterocycles. The number of alkyl halides is 1. The molecule has 0 saturated heterocycles. The van der Waals surface area contributed by atoms with Gasteiger partial charge in [-0.25, -0.2) is 4.68 Å². The zero-order valence-corrected chi connectivity index (χ0v) is 23.9. The van der Waals surface area contributed by atoms with Crippen molar-refractivity contribution in [2.45, 2.75) is 54.6 Å². The lowest BCUT2D eigenvalue weighted by atomic mass is 10.2. The number of aromatic amines is 1. The summed E-state index contributed by atoms with van der Waals surface area (Å²) in [5.41, 5.74) is 17.6. The van der Waals surface area contributed by atoms with Gasteiger partial charge in [-0.1, -0.05) is 57.5 Å². The van der Waals surface area contributed by atoms with E-state index in [9.17, 15) is 0 Å². The smallest absolute Gasteiger partial charge is 0.163 e. The van der Waals surface area contributed by atoms with Crippen molar-refractivity contribution < 1.29 is 0 Å². The molecule has 0 atom stereocenters. The van der Waals surface area contributed by atoms with Crippen LogP contribution in [0.2, 0.25) is 0 Å². The fraction of sp³-hybridized carbons (Fsp3) is 0.500. The number of nitriles is 3. The molecule has 200 valence electrons. The van der Waals surface area contributed by atoms with E-state index < -0.39 is 0 Å². The maximum absolute atomic E-state index is 8.58. The Morgan fingerprint density at radius 1 is 0.865 bits per heavy atom. The molecule has 7 N–H and O–H groups in total. The lowest BCUT2D eigenvalue weighted by molar-refractivity contribution is 0.484. The molecule has 0 aliphatic rings. The summed E-state index contributed by atoms with van der Waals surface area (Å²) in [6.07, 6.45) is 4.56. The Labute approximate surface area is 227 Å². The predicted octanol–water partition coefficient (Wildman–Crippen LogP) is 3.89. The number of H-pyrrole nitrogens is 1. The largest absolute Gasteiger partial charge is 0.383 e. The monoisotopic (exact) mass is 572 g/mol. The molecule has 0 spiro atoms. The van der Waals surface area contributed by atoms with Gasteiger partial charge in [0, 0.05) is 24.6 Å². The second kappa shape index (κ2) is 17.4. The third-order valence-electron chi connectivity index (χ3n) is 4.10. The van der Waals surface area contributed by atoms with Gasteiger partial charge < -0.3 is 17.2 Å². The van der Waals surface area contributed by atoms with Crippen LogP contribution < -0.4 is 17.2 Å². The second-order valence-corrected chi connectivity index (χ2v) is 9.79. The summed E-state index contributed by atoms with van der Waals surface area (Å²) in [4.78, 5) is 0. The normalized spacial score (nSPS) is 9.70. The van der Waals surface area contributed by atoms with E-state index in [-0.39, 0.29) is 0 Å². The van der Waals surface area contributed by atoms with Crippen LogP contribution in [-0.4, -0.2) is 35.1 Å². The first-order chi connectivity index (χ1) is 17.4. The molecule has 13 heteroatoms. The predicted molar refractivity (Wildman–Crippen MR) is 149 cm³/mol. The number of anilines is 3. The molecule has 0 bridgehead atoms. The van der Waals surface area contributed by atoms with Crippen LogP contribution in [0, 0.1) is 51.7 Å². The molecular formula is C24H37BrN12. The van der Waals surface area contributed by atoms with Gasteiger partial charge in [0.05, 0.1) is 12.4 Å². The van der Waals surface area contributed by atoms with Gasteiger partial charge in [-0.15, -0.1) is 0 Å². The van der Waals surface area contributed by atoms with E-state index in [2.05, 4.69) is 77.9 Å². The Hall–Kier alpha value is -4.02. The first-order valence-corrected chi connectivity index (χ1v) is 12.7. The highest BCUT2D eigenvalue weighted by Crippen LogP contribution is 2.11. The van der Waals surface area contributed by atoms with Gasteiger partial charge >= 0.3 is 0 Å². The van der Waals surface area contributed by atoms with Gasteiger partial charge in [0.1, 0.15) is 46.5 Å². The summed E-state index contributed by atoms with van der Waals surface area (Å²) in [5.74, 6) is 2.90. The van der Waals surface area contributed by atoms with Crippen LogP contribution >= 0.6 is 15.9 Å². The van der Waals surface area contributed by atoms with Crippen LogP contribution in [0.15, 0.2) is 18.6 Å². The minimum absolute atomic E-state index is 0.318. The minimum atomic E-state index is 0.318. The summed E-state index contributed by atoms with van der Waals surface area (Å²) in [6.45, 7) is 14.2. The zero-order valence-electron chi connectivity index (χ0n) is 22.3. The SMILES string of the molecule is CC(C)CBr.CC(C)Cn1cc(C#N)c(N)n1.CC(C)Cn1ncc(C#N)c1N.N#Cc1cn[nH]c1N. The van der Waals surface area contributed by atoms with Crippen LogP contribution in [0.1, 0.15) is 58.2 Å². The molecule has 0 aliphatic carbocycles. The van der Waals surface area contributed by atoms with E-state index in [0.717, 1.165) is 24.3 Å². The highest BCUT2D eigenvalue weighted by molar-refractivity contribution is 9.09. The number of nitrogen functional groups attached to an aromatic ring is 3. The third kappa shape index (κ3) is 13.0. The molecule has 3 aromatic heterocycles. The van der Waals surface area contributed by atoms with Gasteiger partial charge in [-0.2, -0.15) is 31.1 Å². The molecule has 3 rings (SSSR count). The highest BCUT2D eigenvalue weighted by atomic mass is 79.9. The Balaban J connectivity index is 0.000000490. The standard InChI is InChI=1S/2C8H12N4.C4H9Br.C4H4N4/c1-6(2)5-12-8(10)7(3-9)4-11-12;1-6(2)4-12-5-7(3-9)8(10)11-12;1-4(2)3-5;5-1-3-2-7-8-4(3)6/h4,6H,5,10H2,1-2H3;5-6H,4H2,1-2H3,(H2,10,11);4H,3H2,1-2H3;2H,(H3,6,7,8). The van der Waals surface area contributed by atoms with E-state index in [1.807, 2.05) is 18.2 Å². The van der Waals surface area contributed by atoms with Crippen molar-refractivity contribution in [2.24, 2.45) is 17.8 Å². The van der Waals surface area contributed by atoms with E-state index in [1.165, 1.54) is 12.4 Å². The summed E-state index contributed by atoms with van der Waals surface area (Å²) < 4.78 is 3.36. The summed E-state index contributed by atoms with van der Waals surface area (Å²) >= 11 is 3.31. The number of halogens is 1. The van der Waals surface area contributed by atoms with Gasteiger partial charge in [-0.05, 0) is 17.8 Å². The first kappa shape index (κ1) is 33.0. The van der Waals surface area contributed by atoms with Gasteiger partial charge in [-0.3, -0.25) is 9.78 Å². The zero-order chi connectivity index (χ0) is 28.5. The average Bonchev–Trinajstić information content (AvgIpc) is 3.52. The molecule has 0 radical (unpaired) electrons. The van der Waals surface area contributed by atoms with Crippen molar-refractivity contribution in [1.82, 2.24) is 29.8 Å². The summed E-state index contributed by atoms with van der Waals surface area (Å²) in [6, 6.07) is 5.82. The molecule has 0 saturated carbocycles. The van der Waals surface area contributed by atoms with Crippen LogP contribution in [0.5, 0.6) is 0 Å². The summed E-state index contributed by atoms with van der Waals surface area (Å²) in [5, 5.41) is 40.4. The molecule has 0 fully saturated rings. The van der Waals surface area contributed by atoms with Crippen molar-refractivity contribution in [3.63, 3.8) is 0 Å². The van der Waals surface area contributed by atoms with Crippen molar-refractivity contribution in [2.75, 3.05) is 22.5 Å². The summed E-state index contributed by atoms with van der Waals surface area (Å²) in [7, 11) is 0. The number of hydrogen-bond donors (Lipinski definition) is 4. The van der Waals surface area contributed by atoms with E-state index in [0.29, 0.717) is 46.0 Å². The Kier molecular flexibility index (Phi) is 15.5. The molecule has 0 unspecified atom stereocenters. The topological polar surface area (TPSA) is 214 Å². The van der Waals surface area contributed by atoms with E-state index >= 15 is 0 Å². The molecule has 12 nitrogen and oxygen atoms in total. The first-order valence-electron chi connectivity index (χ1n) is 11.6. The number of aromatic nitrogens is 6. The number of nitrogens with two attached hydrogens (primary N) is 3. The van der Waals surface area contributed by atoms with Crippen molar-refractivity contribution in [1.29, 1.82) is 15.8 Å². The lowest BCUT2D eigenvalue weighted by Gasteiger charge is -2.05. The molecular weight excluding hydrogens is 536 g/mol. The number of hydrogen-bond acceptors (Lipinski definition) is 9. The Bertz CT molecular complexity index is 1170. The fourth-order valence-corrected chi connectivity index (χ4v) is 2.35. The molecule has 0 aliphatic heterocycles. The molecule has 37 heavy (non-hydrogen) atoms. The van der Waals surface area contributed by atoms with Gasteiger partial charge in [0.2, 0.25) is 0 Å². The quantitative estimate of drug-likeness (QED) is 0.325. The van der Waals surface area contributed by atoms with Crippen molar-refractivity contribution in [3.05, 3.63) is 35.3 Å². The molecule has 0 aromatic carbocycles. The lowest BCUT2D eigenvalue weighted by Crippen LogP contribution is -2.09. The van der Waals surface area contributed by atoms with Crippen LogP contribution in [0.3, 0.4) is 0 Å². The van der Waals surface area contributed by atoms with Crippen LogP contribution in [-0.2, 0) is 13.1 Å². The van der Waals surface area contributed by atoms with Crippen molar-refractivity contribution in [3.8, 4) is 18.2 Å². The van der Waals surface area contributed by atoms with Gasteiger partial charge in [0.25, 0.3) is 0 Å². The second-order valence-electron chi connectivity index (χ2n) is 9.14. The number of rotatable bonds is 5. The maximum atomic E-state index is 8.58. The maximum Gasteiger partial charge on any atom is 0.163 e. The third-order valence-corrected chi connectivity index (χ3v) is 5.39. The fourth-order valence-electron chi connectivity index (χ4n) is 2.35. The van der Waals surface area contributed by atoms with Crippen LogP contribution in [0.4, 0.5) is 17.5 Å². The Morgan fingerprint density at radius 2 is 1.41 bits per heavy atom. The average molecular weight is 574 g/mol. The minimum Gasteiger partial charge on any atom is -0.383 e. The van der Waals surface area contributed by atoms with E-state index in [4.69, 9.17) is 33.0 Å². The highest BCUT2D eigenvalue weighted by Gasteiger charge is 2.07. The van der Waals surface area contributed by atoms with E-state index in [1.54, 1.807) is 15.6 Å². The van der Waals surface area contributed by atoms with Crippen LogP contribution in [0.25, 0.3) is 0 Å². The number of nitrogens with one attached hydrogen (secondary N) is 1. The number of nitrogens with zero attached hydrogens (tertiary/aromatic N) is 8. The molecule has 0 amide bonds. The van der Waals surface area contributed by atoms with Crippen molar-refractivity contribution >= 4 is 33.4 Å². The van der Waals surface area contributed by atoms with Gasteiger partial charge in [0.15, 0.2) is 5.82 Å². The Morgan fingerprint density at radius 3 is 1.73 bits per heavy atom. The molecule has 3 aromatic rings.